The molecule has 0 bridgehead atoms. The number of aliphatic hydroxyl groups excluding tert-OH is 1. The molecule has 9 heteroatoms. The molecule has 3 atom stereocenters. The highest BCUT2D eigenvalue weighted by atomic mass is 31.2. The van der Waals surface area contributed by atoms with Gasteiger partial charge >= 0.3 is 7.82 Å². The fourth-order valence-corrected chi connectivity index (χ4v) is 6.61. The third kappa shape index (κ3) is 37.1. The number of allylic oxidation sites excluding steroid dienone is 5. The number of quaternary nitrogens is 1. The van der Waals surface area contributed by atoms with Gasteiger partial charge in [-0.2, -0.15) is 0 Å². The third-order valence-electron chi connectivity index (χ3n) is 9.33. The summed E-state index contributed by atoms with van der Waals surface area (Å²) >= 11 is 0. The van der Waals surface area contributed by atoms with Crippen LogP contribution < -0.4 is 5.32 Å². The number of aliphatic hydroxyl groups is 1. The normalized spacial score (nSPS) is 14.8. The molecular weight excluding hydrogens is 671 g/mol. The van der Waals surface area contributed by atoms with Crippen LogP contribution in [0.4, 0.5) is 0 Å². The number of phosphoric acid groups is 1. The standard InChI is InChI=1S/C43H83N2O6P/c1-6-8-10-12-14-16-18-20-21-22-23-24-25-27-29-31-33-35-37-43(47)44-41(40-51-52(48,49)50-39-38-45(3,4)5)42(46)36-34-32-30-28-26-19-17-15-13-11-9-7-2/h23-24,26,28,34,36,41-42,46H,6-22,25,27,29-33,35,37-40H2,1-5H3,(H-,44,47,48,49)/p+1/b24-23-,28-26+,36-34+. The van der Waals surface area contributed by atoms with Crippen molar-refractivity contribution < 1.29 is 32.9 Å². The maximum absolute atomic E-state index is 12.8. The van der Waals surface area contributed by atoms with E-state index in [1.807, 2.05) is 27.2 Å². The summed E-state index contributed by atoms with van der Waals surface area (Å²) in [4.78, 5) is 23.0. The molecule has 306 valence electrons. The van der Waals surface area contributed by atoms with Gasteiger partial charge in [-0.15, -0.1) is 0 Å². The number of unbranched alkanes of at least 4 members (excludes halogenated alkanes) is 21. The predicted octanol–water partition coefficient (Wildman–Crippen LogP) is 11.5. The Hall–Kier alpha value is -1.28. The molecule has 0 rings (SSSR count). The summed E-state index contributed by atoms with van der Waals surface area (Å²) in [6.45, 7) is 4.76. The van der Waals surface area contributed by atoms with Crippen LogP contribution in [0.2, 0.25) is 0 Å². The summed E-state index contributed by atoms with van der Waals surface area (Å²) in [5, 5.41) is 13.7. The Kier molecular flexibility index (Phi) is 34.6. The van der Waals surface area contributed by atoms with E-state index in [-0.39, 0.29) is 19.1 Å². The van der Waals surface area contributed by atoms with Gasteiger partial charge in [0, 0.05) is 6.42 Å². The summed E-state index contributed by atoms with van der Waals surface area (Å²) in [6, 6.07) is -0.864. The molecule has 0 aromatic carbocycles. The van der Waals surface area contributed by atoms with E-state index in [0.717, 1.165) is 51.4 Å². The van der Waals surface area contributed by atoms with Gasteiger partial charge in [-0.05, 0) is 57.8 Å². The van der Waals surface area contributed by atoms with Crippen molar-refractivity contribution >= 4 is 13.7 Å². The molecule has 0 saturated carbocycles. The molecule has 0 aliphatic carbocycles. The molecule has 0 heterocycles. The summed E-state index contributed by atoms with van der Waals surface area (Å²) in [5.74, 6) is -0.197. The van der Waals surface area contributed by atoms with Crippen molar-refractivity contribution in [3.8, 4) is 0 Å². The fraction of sp³-hybridized carbons (Fsp3) is 0.837. The van der Waals surface area contributed by atoms with Gasteiger partial charge in [0.2, 0.25) is 5.91 Å². The zero-order chi connectivity index (χ0) is 38.6. The minimum absolute atomic E-state index is 0.0543. The first-order valence-corrected chi connectivity index (χ1v) is 22.9. The van der Waals surface area contributed by atoms with Crippen LogP contribution in [0.15, 0.2) is 36.5 Å². The smallest absolute Gasteiger partial charge is 0.387 e. The quantitative estimate of drug-likeness (QED) is 0.0251. The molecule has 52 heavy (non-hydrogen) atoms. The van der Waals surface area contributed by atoms with Crippen LogP contribution in [0.3, 0.4) is 0 Å². The molecule has 3 unspecified atom stereocenters. The molecule has 3 N–H and O–H groups in total. The largest absolute Gasteiger partial charge is 0.472 e. The van der Waals surface area contributed by atoms with E-state index in [0.29, 0.717) is 17.4 Å². The van der Waals surface area contributed by atoms with Crippen LogP contribution in [-0.4, -0.2) is 73.4 Å². The molecule has 0 aromatic rings. The highest BCUT2D eigenvalue weighted by Gasteiger charge is 2.27. The van der Waals surface area contributed by atoms with Crippen LogP contribution in [0.5, 0.6) is 0 Å². The second-order valence-electron chi connectivity index (χ2n) is 15.7. The molecule has 0 radical (unpaired) electrons. The van der Waals surface area contributed by atoms with Gasteiger partial charge in [0.1, 0.15) is 13.2 Å². The Morgan fingerprint density at radius 2 is 1.06 bits per heavy atom. The topological polar surface area (TPSA) is 105 Å². The minimum atomic E-state index is -4.34. The minimum Gasteiger partial charge on any atom is -0.387 e. The van der Waals surface area contributed by atoms with Gasteiger partial charge in [-0.25, -0.2) is 4.57 Å². The monoisotopic (exact) mass is 756 g/mol. The lowest BCUT2D eigenvalue weighted by Gasteiger charge is -2.25. The second kappa shape index (κ2) is 35.4. The van der Waals surface area contributed by atoms with Crippen molar-refractivity contribution in [3.05, 3.63) is 36.5 Å². The summed E-state index contributed by atoms with van der Waals surface area (Å²) in [5.41, 5.74) is 0. The number of carbonyl (C=O) groups excluding carboxylic acids is 1. The summed E-state index contributed by atoms with van der Waals surface area (Å²) in [6.07, 6.45) is 42.1. The highest BCUT2D eigenvalue weighted by molar-refractivity contribution is 7.47. The summed E-state index contributed by atoms with van der Waals surface area (Å²) in [7, 11) is 1.55. The van der Waals surface area contributed by atoms with Crippen LogP contribution in [0, 0.1) is 0 Å². The fourth-order valence-electron chi connectivity index (χ4n) is 5.87. The number of amides is 1. The van der Waals surface area contributed by atoms with E-state index in [1.54, 1.807) is 6.08 Å². The van der Waals surface area contributed by atoms with Gasteiger partial charge in [0.15, 0.2) is 0 Å². The van der Waals surface area contributed by atoms with E-state index < -0.39 is 20.0 Å². The lowest BCUT2D eigenvalue weighted by Crippen LogP contribution is -2.45. The van der Waals surface area contributed by atoms with Crippen LogP contribution in [-0.2, 0) is 18.4 Å². The molecule has 1 amide bonds. The number of hydrogen-bond acceptors (Lipinski definition) is 5. The Morgan fingerprint density at radius 3 is 1.54 bits per heavy atom. The zero-order valence-electron chi connectivity index (χ0n) is 34.5. The van der Waals surface area contributed by atoms with E-state index >= 15 is 0 Å². The van der Waals surface area contributed by atoms with Crippen LogP contribution in [0.1, 0.15) is 181 Å². The first-order valence-electron chi connectivity index (χ1n) is 21.4. The molecule has 8 nitrogen and oxygen atoms in total. The number of nitrogens with one attached hydrogen (secondary N) is 1. The first-order chi connectivity index (χ1) is 25.0. The molecule has 0 aliphatic rings. The zero-order valence-corrected chi connectivity index (χ0v) is 35.4. The maximum atomic E-state index is 12.8. The van der Waals surface area contributed by atoms with E-state index in [4.69, 9.17) is 9.05 Å². The molecule has 0 aliphatic heterocycles. The number of phosphoric ester groups is 1. The van der Waals surface area contributed by atoms with Gasteiger partial charge in [-0.1, -0.05) is 153 Å². The molecule has 0 saturated heterocycles. The summed E-state index contributed by atoms with van der Waals surface area (Å²) < 4.78 is 23.5. The van der Waals surface area contributed by atoms with Crippen molar-refractivity contribution in [3.63, 3.8) is 0 Å². The van der Waals surface area contributed by atoms with Gasteiger partial charge in [0.05, 0.1) is 39.9 Å². The number of nitrogens with zero attached hydrogens (tertiary/aromatic N) is 1. The number of rotatable bonds is 38. The van der Waals surface area contributed by atoms with Gasteiger partial charge < -0.3 is 19.8 Å². The molecule has 0 fully saturated rings. The molecule has 0 aromatic heterocycles. The third-order valence-corrected chi connectivity index (χ3v) is 10.3. The van der Waals surface area contributed by atoms with Gasteiger partial charge in [0.25, 0.3) is 0 Å². The Bertz CT molecular complexity index is 948. The number of carbonyl (C=O) groups is 1. The van der Waals surface area contributed by atoms with E-state index in [1.165, 1.54) is 109 Å². The van der Waals surface area contributed by atoms with Crippen molar-refractivity contribution in [1.82, 2.24) is 5.32 Å². The lowest BCUT2D eigenvalue weighted by atomic mass is 10.1. The predicted molar refractivity (Wildman–Crippen MR) is 221 cm³/mol. The Morgan fingerprint density at radius 1 is 0.635 bits per heavy atom. The van der Waals surface area contributed by atoms with Crippen molar-refractivity contribution in [2.24, 2.45) is 0 Å². The van der Waals surface area contributed by atoms with Crippen molar-refractivity contribution in [2.45, 2.75) is 193 Å². The van der Waals surface area contributed by atoms with E-state index in [2.05, 4.69) is 43.5 Å². The van der Waals surface area contributed by atoms with Crippen LogP contribution >= 0.6 is 7.82 Å². The average Bonchev–Trinajstić information content (AvgIpc) is 3.09. The highest BCUT2D eigenvalue weighted by Crippen LogP contribution is 2.43. The van der Waals surface area contributed by atoms with Crippen LogP contribution in [0.25, 0.3) is 0 Å². The first kappa shape index (κ1) is 50.7. The average molecular weight is 756 g/mol. The SMILES string of the molecule is CCCCCCCC/C=C/CC/C=C/C(O)C(COP(=O)(O)OCC[N+](C)(C)C)NC(=O)CCCCCCC/C=C\CCCCCCCCCCC. The molecular formula is C43H84N2O6P+. The lowest BCUT2D eigenvalue weighted by molar-refractivity contribution is -0.870. The number of likely N-dealkylation sites (N-methyl/N-ethyl adjacent to an activating group) is 1. The molecule has 0 spiro atoms. The second-order valence-corrected chi connectivity index (χ2v) is 17.2. The van der Waals surface area contributed by atoms with E-state index in [9.17, 15) is 19.4 Å². The number of hydrogen-bond donors (Lipinski definition) is 3. The van der Waals surface area contributed by atoms with Crippen molar-refractivity contribution in [2.75, 3.05) is 40.9 Å². The Balaban J connectivity index is 4.46. The Labute approximate surface area is 321 Å². The maximum Gasteiger partial charge on any atom is 0.472 e. The van der Waals surface area contributed by atoms with Gasteiger partial charge in [-0.3, -0.25) is 13.8 Å². The van der Waals surface area contributed by atoms with Crippen molar-refractivity contribution in [1.29, 1.82) is 0 Å².